The third-order valence-corrected chi connectivity index (χ3v) is 3.17. The molecule has 1 aromatic heterocycles. The molecule has 7 nitrogen and oxygen atoms in total. The summed E-state index contributed by atoms with van der Waals surface area (Å²) in [4.78, 5) is 35.0. The van der Waals surface area contributed by atoms with Crippen LogP contribution in [0.1, 0.15) is 22.8 Å². The van der Waals surface area contributed by atoms with Crippen LogP contribution in [0.25, 0.3) is 17.0 Å². The van der Waals surface area contributed by atoms with Crippen molar-refractivity contribution in [1.29, 1.82) is 0 Å². The summed E-state index contributed by atoms with van der Waals surface area (Å²) in [6.07, 6.45) is 2.44. The van der Waals surface area contributed by atoms with Gasteiger partial charge in [0.25, 0.3) is 0 Å². The number of hydrogen-bond donors (Lipinski definition) is 0. The molecule has 0 aliphatic heterocycles. The first-order chi connectivity index (χ1) is 11.5. The maximum Gasteiger partial charge on any atom is 0.343 e. The first-order valence-electron chi connectivity index (χ1n) is 7.09. The van der Waals surface area contributed by atoms with Gasteiger partial charge in [-0.15, -0.1) is 0 Å². The van der Waals surface area contributed by atoms with E-state index in [9.17, 15) is 14.4 Å². The maximum atomic E-state index is 12.0. The lowest BCUT2D eigenvalue weighted by Crippen LogP contribution is -2.06. The molecule has 2 rings (SSSR count). The number of methoxy groups -OCH3 is 2. The summed E-state index contributed by atoms with van der Waals surface area (Å²) in [7, 11) is 2.67. The van der Waals surface area contributed by atoms with Crippen molar-refractivity contribution in [3.8, 4) is 5.75 Å². The molecule has 126 valence electrons. The highest BCUT2D eigenvalue weighted by Crippen LogP contribution is 2.28. The minimum atomic E-state index is -0.660. The highest BCUT2D eigenvalue weighted by Gasteiger charge is 2.14. The van der Waals surface area contributed by atoms with Gasteiger partial charge in [0.1, 0.15) is 11.3 Å². The Bertz CT molecular complexity index is 861. The second-order valence-corrected chi connectivity index (χ2v) is 4.66. The van der Waals surface area contributed by atoms with Gasteiger partial charge in [-0.25, -0.2) is 14.4 Å². The van der Waals surface area contributed by atoms with Crippen LogP contribution in [-0.2, 0) is 14.3 Å². The van der Waals surface area contributed by atoms with E-state index in [2.05, 4.69) is 4.74 Å². The molecule has 0 atom stereocenters. The van der Waals surface area contributed by atoms with E-state index in [0.29, 0.717) is 11.1 Å². The molecule has 24 heavy (non-hydrogen) atoms. The standard InChI is InChI=1S/C17H16O7/c1-4-23-15(18)6-5-10-7-12-13(21-2)8-11(16(19)22-3)9-14(12)24-17(10)20/h5-9H,4H2,1-3H3/b6-5+. The zero-order valence-electron chi connectivity index (χ0n) is 13.5. The number of rotatable bonds is 5. The predicted octanol–water partition coefficient (Wildman–Crippen LogP) is 2.16. The Labute approximate surface area is 137 Å². The molecule has 0 unspecified atom stereocenters. The Balaban J connectivity index is 2.55. The average molecular weight is 332 g/mol. The Morgan fingerprint density at radius 1 is 1.21 bits per heavy atom. The molecular weight excluding hydrogens is 316 g/mol. The van der Waals surface area contributed by atoms with Crippen molar-refractivity contribution < 1.29 is 28.2 Å². The Hall–Kier alpha value is -3.09. The smallest absolute Gasteiger partial charge is 0.343 e. The lowest BCUT2D eigenvalue weighted by atomic mass is 10.1. The molecule has 0 radical (unpaired) electrons. The van der Waals surface area contributed by atoms with Crippen LogP contribution in [0.4, 0.5) is 0 Å². The third kappa shape index (κ3) is 3.62. The molecule has 0 spiro atoms. The van der Waals surface area contributed by atoms with Crippen LogP contribution in [0.3, 0.4) is 0 Å². The SMILES string of the molecule is CCOC(=O)/C=C/c1cc2c(OC)cc(C(=O)OC)cc2oc1=O. The van der Waals surface area contributed by atoms with Crippen molar-refractivity contribution in [2.45, 2.75) is 6.92 Å². The van der Waals surface area contributed by atoms with Crippen LogP contribution in [0, 0.1) is 0 Å². The molecule has 7 heteroatoms. The van der Waals surface area contributed by atoms with E-state index in [1.165, 1.54) is 38.5 Å². The van der Waals surface area contributed by atoms with Crippen molar-refractivity contribution in [2.24, 2.45) is 0 Å². The Morgan fingerprint density at radius 3 is 2.58 bits per heavy atom. The molecule has 0 bridgehead atoms. The summed E-state index contributed by atoms with van der Waals surface area (Å²) in [5.41, 5.74) is -0.139. The van der Waals surface area contributed by atoms with Crippen LogP contribution >= 0.6 is 0 Å². The number of fused-ring (bicyclic) bond motifs is 1. The maximum absolute atomic E-state index is 12.0. The normalized spacial score (nSPS) is 10.8. The van der Waals surface area contributed by atoms with Gasteiger partial charge in [0.15, 0.2) is 0 Å². The number of benzene rings is 1. The molecule has 0 aliphatic rings. The van der Waals surface area contributed by atoms with E-state index in [4.69, 9.17) is 13.9 Å². The van der Waals surface area contributed by atoms with Gasteiger partial charge < -0.3 is 18.6 Å². The molecule has 0 aliphatic carbocycles. The van der Waals surface area contributed by atoms with Gasteiger partial charge in [-0.3, -0.25) is 0 Å². The van der Waals surface area contributed by atoms with Crippen molar-refractivity contribution >= 4 is 29.0 Å². The average Bonchev–Trinajstić information content (AvgIpc) is 2.58. The van der Waals surface area contributed by atoms with Crippen LogP contribution in [-0.4, -0.2) is 32.8 Å². The summed E-state index contributed by atoms with van der Waals surface area (Å²) in [5, 5.41) is 0.480. The highest BCUT2D eigenvalue weighted by atomic mass is 16.5. The zero-order chi connectivity index (χ0) is 17.7. The van der Waals surface area contributed by atoms with Gasteiger partial charge in [-0.1, -0.05) is 0 Å². The first kappa shape index (κ1) is 17.3. The lowest BCUT2D eigenvalue weighted by molar-refractivity contribution is -0.137. The van der Waals surface area contributed by atoms with Gasteiger partial charge in [-0.05, 0) is 31.2 Å². The topological polar surface area (TPSA) is 92.0 Å². The minimum absolute atomic E-state index is 0.152. The second-order valence-electron chi connectivity index (χ2n) is 4.66. The number of carbonyl (C=O) groups excluding carboxylic acids is 2. The van der Waals surface area contributed by atoms with E-state index in [1.807, 2.05) is 0 Å². The van der Waals surface area contributed by atoms with Crippen LogP contribution in [0.15, 0.2) is 33.5 Å². The summed E-state index contributed by atoms with van der Waals surface area (Å²) < 4.78 is 19.9. The molecular formula is C17H16O7. The molecule has 2 aromatic rings. The molecule has 0 saturated heterocycles. The zero-order valence-corrected chi connectivity index (χ0v) is 13.5. The largest absolute Gasteiger partial charge is 0.496 e. The summed E-state index contributed by atoms with van der Waals surface area (Å²) in [5.74, 6) is -0.809. The minimum Gasteiger partial charge on any atom is -0.496 e. The first-order valence-corrected chi connectivity index (χ1v) is 7.09. The quantitative estimate of drug-likeness (QED) is 0.470. The fourth-order valence-electron chi connectivity index (χ4n) is 2.07. The number of hydrogen-bond acceptors (Lipinski definition) is 7. The summed E-state index contributed by atoms with van der Waals surface area (Å²) in [6.45, 7) is 1.92. The fraction of sp³-hybridized carbons (Fsp3) is 0.235. The Morgan fingerprint density at radius 2 is 1.96 bits per heavy atom. The second kappa shape index (κ2) is 7.45. The van der Waals surface area contributed by atoms with Crippen molar-refractivity contribution in [3.63, 3.8) is 0 Å². The van der Waals surface area contributed by atoms with Crippen molar-refractivity contribution in [3.05, 3.63) is 45.8 Å². The van der Waals surface area contributed by atoms with E-state index in [-0.39, 0.29) is 23.3 Å². The summed E-state index contributed by atoms with van der Waals surface area (Å²) in [6, 6.07) is 4.38. The third-order valence-electron chi connectivity index (χ3n) is 3.17. The molecule has 0 amide bonds. The van der Waals surface area contributed by atoms with Crippen LogP contribution in [0.5, 0.6) is 5.75 Å². The van der Waals surface area contributed by atoms with Crippen LogP contribution < -0.4 is 10.4 Å². The Kier molecular flexibility index (Phi) is 5.36. The molecule has 0 fully saturated rings. The van der Waals surface area contributed by atoms with E-state index in [1.54, 1.807) is 6.92 Å². The van der Waals surface area contributed by atoms with E-state index < -0.39 is 17.6 Å². The van der Waals surface area contributed by atoms with E-state index >= 15 is 0 Å². The van der Waals surface area contributed by atoms with Gasteiger partial charge >= 0.3 is 17.6 Å². The predicted molar refractivity (Wildman–Crippen MR) is 86.0 cm³/mol. The molecule has 0 N–H and O–H groups in total. The van der Waals surface area contributed by atoms with Crippen molar-refractivity contribution in [1.82, 2.24) is 0 Å². The van der Waals surface area contributed by atoms with Gasteiger partial charge in [0, 0.05) is 6.08 Å². The molecule has 0 saturated carbocycles. The van der Waals surface area contributed by atoms with Gasteiger partial charge in [0.05, 0.1) is 37.3 Å². The lowest BCUT2D eigenvalue weighted by Gasteiger charge is -2.08. The fourth-order valence-corrected chi connectivity index (χ4v) is 2.07. The number of esters is 2. The van der Waals surface area contributed by atoms with Crippen molar-refractivity contribution in [2.75, 3.05) is 20.8 Å². The van der Waals surface area contributed by atoms with E-state index in [0.717, 1.165) is 6.08 Å². The van der Waals surface area contributed by atoms with Gasteiger partial charge in [0.2, 0.25) is 0 Å². The number of ether oxygens (including phenoxy) is 3. The molecule has 1 heterocycles. The number of carbonyl (C=O) groups is 2. The van der Waals surface area contributed by atoms with Gasteiger partial charge in [-0.2, -0.15) is 0 Å². The monoisotopic (exact) mass is 332 g/mol. The molecule has 1 aromatic carbocycles. The highest BCUT2D eigenvalue weighted by molar-refractivity contribution is 5.97. The van der Waals surface area contributed by atoms with Crippen LogP contribution in [0.2, 0.25) is 0 Å². The summed E-state index contributed by atoms with van der Waals surface area (Å²) >= 11 is 0.